The average molecular weight is 183 g/mol. The monoisotopic (exact) mass is 183 g/mol. The third-order valence-electron chi connectivity index (χ3n) is 3.65. The van der Waals surface area contributed by atoms with Crippen LogP contribution in [0.1, 0.15) is 32.6 Å². The van der Waals surface area contributed by atoms with Crippen LogP contribution in [0.4, 0.5) is 0 Å². The van der Waals surface area contributed by atoms with Gasteiger partial charge in [0.2, 0.25) is 0 Å². The van der Waals surface area contributed by atoms with Crippen LogP contribution in [0.25, 0.3) is 0 Å². The van der Waals surface area contributed by atoms with Crippen molar-refractivity contribution in [3.63, 3.8) is 0 Å². The molecule has 2 rings (SSSR count). The Labute approximate surface area is 80.8 Å². The molecule has 2 fully saturated rings. The van der Waals surface area contributed by atoms with Crippen molar-refractivity contribution in [2.75, 3.05) is 13.2 Å². The number of nitrogens with two attached hydrogens (primary N) is 1. The predicted molar refractivity (Wildman–Crippen MR) is 53.4 cm³/mol. The van der Waals surface area contributed by atoms with E-state index in [1.54, 1.807) is 0 Å². The van der Waals surface area contributed by atoms with Crippen LogP contribution in [0.3, 0.4) is 0 Å². The lowest BCUT2D eigenvalue weighted by atomic mass is 9.73. The number of ether oxygens (including phenoxy) is 1. The van der Waals surface area contributed by atoms with Gasteiger partial charge in [-0.25, -0.2) is 0 Å². The summed E-state index contributed by atoms with van der Waals surface area (Å²) in [6.07, 6.45) is 5.11. The highest BCUT2D eigenvalue weighted by Crippen LogP contribution is 2.36. The molecule has 1 saturated carbocycles. The standard InChI is InChI=1S/C11H21NO/c1-8-4-10(6-11(12)5-8)9-2-3-13-7-9/h8-11H,2-7,12H2,1H3. The summed E-state index contributed by atoms with van der Waals surface area (Å²) in [6.45, 7) is 4.30. The lowest BCUT2D eigenvalue weighted by molar-refractivity contribution is 0.142. The van der Waals surface area contributed by atoms with Crippen LogP contribution < -0.4 is 5.73 Å². The van der Waals surface area contributed by atoms with Crippen LogP contribution in [0.15, 0.2) is 0 Å². The zero-order valence-electron chi connectivity index (χ0n) is 8.54. The maximum absolute atomic E-state index is 6.04. The van der Waals surface area contributed by atoms with E-state index in [0.29, 0.717) is 6.04 Å². The number of hydrogen-bond donors (Lipinski definition) is 1. The molecule has 13 heavy (non-hydrogen) atoms. The topological polar surface area (TPSA) is 35.2 Å². The first kappa shape index (κ1) is 9.47. The molecule has 4 unspecified atom stereocenters. The quantitative estimate of drug-likeness (QED) is 0.672. The summed E-state index contributed by atoms with van der Waals surface area (Å²) in [5.41, 5.74) is 6.04. The van der Waals surface area contributed by atoms with Crippen molar-refractivity contribution in [1.29, 1.82) is 0 Å². The third-order valence-corrected chi connectivity index (χ3v) is 3.65. The zero-order chi connectivity index (χ0) is 9.26. The molecule has 1 heterocycles. The first-order valence-corrected chi connectivity index (χ1v) is 5.59. The van der Waals surface area contributed by atoms with Gasteiger partial charge in [-0.15, -0.1) is 0 Å². The number of rotatable bonds is 1. The van der Waals surface area contributed by atoms with E-state index in [0.717, 1.165) is 31.0 Å². The highest BCUT2D eigenvalue weighted by atomic mass is 16.5. The fourth-order valence-corrected chi connectivity index (χ4v) is 3.02. The van der Waals surface area contributed by atoms with Gasteiger partial charge in [-0.05, 0) is 43.4 Å². The highest BCUT2D eigenvalue weighted by Gasteiger charge is 2.32. The lowest BCUT2D eigenvalue weighted by Gasteiger charge is -2.34. The summed E-state index contributed by atoms with van der Waals surface area (Å²) in [6, 6.07) is 0.453. The van der Waals surface area contributed by atoms with E-state index in [2.05, 4.69) is 6.92 Å². The van der Waals surface area contributed by atoms with Gasteiger partial charge < -0.3 is 10.5 Å². The van der Waals surface area contributed by atoms with E-state index in [1.807, 2.05) is 0 Å². The minimum absolute atomic E-state index is 0.453. The molecule has 0 bridgehead atoms. The average Bonchev–Trinajstić information content (AvgIpc) is 2.53. The summed E-state index contributed by atoms with van der Waals surface area (Å²) in [4.78, 5) is 0. The van der Waals surface area contributed by atoms with Gasteiger partial charge in [0.1, 0.15) is 0 Å². The van der Waals surface area contributed by atoms with Crippen LogP contribution in [-0.4, -0.2) is 19.3 Å². The maximum Gasteiger partial charge on any atom is 0.0497 e. The molecule has 0 aromatic rings. The molecular weight excluding hydrogens is 162 g/mol. The zero-order valence-corrected chi connectivity index (χ0v) is 8.54. The highest BCUT2D eigenvalue weighted by molar-refractivity contribution is 4.84. The van der Waals surface area contributed by atoms with Crippen molar-refractivity contribution >= 4 is 0 Å². The second-order valence-electron chi connectivity index (χ2n) is 4.96. The van der Waals surface area contributed by atoms with Gasteiger partial charge in [0.15, 0.2) is 0 Å². The van der Waals surface area contributed by atoms with Crippen LogP contribution in [0.5, 0.6) is 0 Å². The summed E-state index contributed by atoms with van der Waals surface area (Å²) in [5, 5.41) is 0. The molecule has 2 aliphatic rings. The maximum atomic E-state index is 6.04. The van der Waals surface area contributed by atoms with Crippen LogP contribution >= 0.6 is 0 Å². The van der Waals surface area contributed by atoms with E-state index >= 15 is 0 Å². The van der Waals surface area contributed by atoms with Crippen molar-refractivity contribution in [2.45, 2.75) is 38.6 Å². The molecule has 2 nitrogen and oxygen atoms in total. The number of hydrogen-bond acceptors (Lipinski definition) is 2. The molecule has 0 amide bonds. The van der Waals surface area contributed by atoms with Gasteiger partial charge in [0.25, 0.3) is 0 Å². The Balaban J connectivity index is 1.90. The van der Waals surface area contributed by atoms with Crippen molar-refractivity contribution in [2.24, 2.45) is 23.5 Å². The van der Waals surface area contributed by atoms with Crippen LogP contribution in [0.2, 0.25) is 0 Å². The normalized spacial score (nSPS) is 46.6. The predicted octanol–water partition coefficient (Wildman–Crippen LogP) is 1.79. The van der Waals surface area contributed by atoms with E-state index in [1.165, 1.54) is 25.7 Å². The van der Waals surface area contributed by atoms with Crippen molar-refractivity contribution in [3.05, 3.63) is 0 Å². The van der Waals surface area contributed by atoms with Gasteiger partial charge >= 0.3 is 0 Å². The summed E-state index contributed by atoms with van der Waals surface area (Å²) in [7, 11) is 0. The van der Waals surface area contributed by atoms with E-state index in [4.69, 9.17) is 10.5 Å². The van der Waals surface area contributed by atoms with Crippen molar-refractivity contribution in [1.82, 2.24) is 0 Å². The minimum Gasteiger partial charge on any atom is -0.381 e. The molecule has 1 aliphatic carbocycles. The summed E-state index contributed by atoms with van der Waals surface area (Å²) < 4.78 is 5.44. The molecule has 0 aromatic carbocycles. The first-order chi connectivity index (χ1) is 6.25. The molecule has 0 aromatic heterocycles. The third kappa shape index (κ3) is 2.23. The smallest absolute Gasteiger partial charge is 0.0497 e. The Morgan fingerprint density at radius 1 is 1.15 bits per heavy atom. The van der Waals surface area contributed by atoms with Crippen LogP contribution in [-0.2, 0) is 4.74 Å². The van der Waals surface area contributed by atoms with Crippen molar-refractivity contribution < 1.29 is 4.74 Å². The lowest BCUT2D eigenvalue weighted by Crippen LogP contribution is -2.35. The fraction of sp³-hybridized carbons (Fsp3) is 1.00. The van der Waals surface area contributed by atoms with E-state index in [-0.39, 0.29) is 0 Å². The molecule has 0 spiro atoms. The molecule has 2 heteroatoms. The van der Waals surface area contributed by atoms with Gasteiger partial charge in [-0.1, -0.05) is 6.92 Å². The largest absolute Gasteiger partial charge is 0.381 e. The Morgan fingerprint density at radius 2 is 2.00 bits per heavy atom. The SMILES string of the molecule is CC1CC(N)CC(C2CCOC2)C1. The second-order valence-corrected chi connectivity index (χ2v) is 4.96. The minimum atomic E-state index is 0.453. The molecule has 4 atom stereocenters. The Bertz CT molecular complexity index is 155. The van der Waals surface area contributed by atoms with Gasteiger partial charge in [0, 0.05) is 19.3 Å². The second kappa shape index (κ2) is 3.97. The Kier molecular flexibility index (Phi) is 2.89. The van der Waals surface area contributed by atoms with Gasteiger partial charge in [-0.2, -0.15) is 0 Å². The molecular formula is C11H21NO. The van der Waals surface area contributed by atoms with Crippen molar-refractivity contribution in [3.8, 4) is 0 Å². The van der Waals surface area contributed by atoms with Crippen LogP contribution in [0, 0.1) is 17.8 Å². The molecule has 1 aliphatic heterocycles. The summed E-state index contributed by atoms with van der Waals surface area (Å²) in [5.74, 6) is 2.49. The first-order valence-electron chi connectivity index (χ1n) is 5.59. The molecule has 1 saturated heterocycles. The fourth-order valence-electron chi connectivity index (χ4n) is 3.02. The Hall–Kier alpha value is -0.0800. The van der Waals surface area contributed by atoms with Gasteiger partial charge in [-0.3, -0.25) is 0 Å². The van der Waals surface area contributed by atoms with E-state index in [9.17, 15) is 0 Å². The molecule has 2 N–H and O–H groups in total. The molecule has 0 radical (unpaired) electrons. The Morgan fingerprint density at radius 3 is 2.62 bits per heavy atom. The van der Waals surface area contributed by atoms with E-state index < -0.39 is 0 Å². The molecule has 76 valence electrons. The summed E-state index contributed by atoms with van der Waals surface area (Å²) >= 11 is 0. The van der Waals surface area contributed by atoms with Gasteiger partial charge in [0.05, 0.1) is 0 Å².